The van der Waals surface area contributed by atoms with Crippen molar-refractivity contribution in [1.29, 1.82) is 0 Å². The number of Topliss-reactive ketones (excluding diaryl/α,β-unsaturated/α-hetero) is 1. The number of hydrogen-bond donors (Lipinski definition) is 2. The minimum absolute atomic E-state index is 0.0459. The highest BCUT2D eigenvalue weighted by Gasteiger charge is 2.08. The van der Waals surface area contributed by atoms with Crippen LogP contribution in [0.3, 0.4) is 0 Å². The van der Waals surface area contributed by atoms with E-state index in [1.54, 1.807) is 12.1 Å². The first-order chi connectivity index (χ1) is 6.06. The fraction of sp³-hybridized carbons (Fsp3) is 0.222. The molecule has 3 N–H and O–H groups in total. The number of aromatic hydroxyl groups is 1. The molecule has 0 aliphatic rings. The molecule has 1 aromatic rings. The zero-order chi connectivity index (χ0) is 10.0. The third-order valence-corrected chi connectivity index (χ3v) is 2.37. The van der Waals surface area contributed by atoms with Crippen molar-refractivity contribution in [1.82, 2.24) is 0 Å². The van der Waals surface area contributed by atoms with Gasteiger partial charge in [-0.05, 0) is 35.0 Å². The zero-order valence-electron chi connectivity index (χ0n) is 7.17. The Balaban J connectivity index is 3.30. The summed E-state index contributed by atoms with van der Waals surface area (Å²) in [5, 5.41) is 9.47. The third kappa shape index (κ3) is 2.08. The van der Waals surface area contributed by atoms with Gasteiger partial charge in [0.25, 0.3) is 0 Å². The normalized spacial score (nSPS) is 10.1. The van der Waals surface area contributed by atoms with Gasteiger partial charge in [0.1, 0.15) is 5.75 Å². The second-order valence-electron chi connectivity index (χ2n) is 2.73. The van der Waals surface area contributed by atoms with Crippen molar-refractivity contribution in [2.45, 2.75) is 13.5 Å². The molecule has 0 heterocycles. The molecular weight excluding hydrogens is 234 g/mol. The molecule has 0 atom stereocenters. The van der Waals surface area contributed by atoms with Crippen molar-refractivity contribution in [3.05, 3.63) is 27.7 Å². The van der Waals surface area contributed by atoms with Crippen LogP contribution in [0.15, 0.2) is 16.6 Å². The molecule has 0 aromatic heterocycles. The summed E-state index contributed by atoms with van der Waals surface area (Å²) < 4.78 is 0.501. The summed E-state index contributed by atoms with van der Waals surface area (Å²) in [6, 6.07) is 3.18. The van der Waals surface area contributed by atoms with Crippen molar-refractivity contribution >= 4 is 21.7 Å². The maximum absolute atomic E-state index is 11.0. The smallest absolute Gasteiger partial charge is 0.159 e. The summed E-state index contributed by atoms with van der Waals surface area (Å²) in [6.07, 6.45) is 0. The Morgan fingerprint density at radius 3 is 2.69 bits per heavy atom. The number of ketones is 1. The topological polar surface area (TPSA) is 63.3 Å². The van der Waals surface area contributed by atoms with Crippen molar-refractivity contribution in [3.63, 3.8) is 0 Å². The predicted octanol–water partition coefficient (Wildman–Crippen LogP) is 1.82. The van der Waals surface area contributed by atoms with E-state index in [-0.39, 0.29) is 18.1 Å². The maximum atomic E-state index is 11.0. The third-order valence-electron chi connectivity index (χ3n) is 1.77. The molecule has 70 valence electrons. The van der Waals surface area contributed by atoms with Crippen molar-refractivity contribution < 1.29 is 9.90 Å². The largest absolute Gasteiger partial charge is 0.506 e. The van der Waals surface area contributed by atoms with Gasteiger partial charge in [-0.15, -0.1) is 0 Å². The van der Waals surface area contributed by atoms with E-state index >= 15 is 0 Å². The standard InChI is InChI=1S/C9H10BrNO2/c1-5(12)6-2-7(4-11)9(13)8(10)3-6/h2-3,13H,4,11H2,1H3. The van der Waals surface area contributed by atoms with Gasteiger partial charge in [-0.1, -0.05) is 0 Å². The lowest BCUT2D eigenvalue weighted by Gasteiger charge is -2.05. The average molecular weight is 244 g/mol. The molecule has 0 spiro atoms. The summed E-state index contributed by atoms with van der Waals surface area (Å²) in [5.74, 6) is 0.0582. The first-order valence-electron chi connectivity index (χ1n) is 3.78. The van der Waals surface area contributed by atoms with E-state index in [2.05, 4.69) is 15.9 Å². The van der Waals surface area contributed by atoms with E-state index in [1.807, 2.05) is 0 Å². The first kappa shape index (κ1) is 10.2. The van der Waals surface area contributed by atoms with Crippen LogP contribution in [0, 0.1) is 0 Å². The maximum Gasteiger partial charge on any atom is 0.159 e. The molecule has 0 unspecified atom stereocenters. The fourth-order valence-electron chi connectivity index (χ4n) is 1.01. The van der Waals surface area contributed by atoms with E-state index in [4.69, 9.17) is 5.73 Å². The molecule has 0 fully saturated rings. The Kier molecular flexibility index (Phi) is 3.06. The minimum atomic E-state index is -0.0459. The predicted molar refractivity (Wildman–Crippen MR) is 53.7 cm³/mol. The summed E-state index contributed by atoms with van der Waals surface area (Å²) in [4.78, 5) is 11.0. The van der Waals surface area contributed by atoms with E-state index in [1.165, 1.54) is 6.92 Å². The number of benzene rings is 1. The molecular formula is C9H10BrNO2. The molecule has 1 rings (SSSR count). The van der Waals surface area contributed by atoms with Crippen LogP contribution in [0.25, 0.3) is 0 Å². The number of carbonyl (C=O) groups excluding carboxylic acids is 1. The minimum Gasteiger partial charge on any atom is -0.506 e. The molecule has 0 saturated carbocycles. The van der Waals surface area contributed by atoms with Crippen LogP contribution in [-0.2, 0) is 6.54 Å². The molecule has 4 heteroatoms. The number of phenols is 1. The van der Waals surface area contributed by atoms with Gasteiger partial charge in [-0.25, -0.2) is 0 Å². The molecule has 0 amide bonds. The van der Waals surface area contributed by atoms with Gasteiger partial charge >= 0.3 is 0 Å². The zero-order valence-corrected chi connectivity index (χ0v) is 8.76. The molecule has 0 aliphatic carbocycles. The summed E-state index contributed by atoms with van der Waals surface area (Å²) in [6.45, 7) is 1.69. The van der Waals surface area contributed by atoms with Gasteiger partial charge < -0.3 is 10.8 Å². The van der Waals surface area contributed by atoms with Crippen LogP contribution in [0.2, 0.25) is 0 Å². The lowest BCUT2D eigenvalue weighted by atomic mass is 10.1. The van der Waals surface area contributed by atoms with Crippen LogP contribution in [0.1, 0.15) is 22.8 Å². The van der Waals surface area contributed by atoms with E-state index in [0.717, 1.165) is 0 Å². The van der Waals surface area contributed by atoms with Crippen LogP contribution in [0.5, 0.6) is 5.75 Å². The van der Waals surface area contributed by atoms with Gasteiger partial charge in [-0.2, -0.15) is 0 Å². The van der Waals surface area contributed by atoms with Crippen molar-refractivity contribution in [2.75, 3.05) is 0 Å². The van der Waals surface area contributed by atoms with Gasteiger partial charge in [0, 0.05) is 17.7 Å². The number of halogens is 1. The molecule has 1 aromatic carbocycles. The van der Waals surface area contributed by atoms with Crippen LogP contribution >= 0.6 is 15.9 Å². The van der Waals surface area contributed by atoms with E-state index in [9.17, 15) is 9.90 Å². The molecule has 3 nitrogen and oxygen atoms in total. The molecule has 0 bridgehead atoms. The van der Waals surface area contributed by atoms with Crippen LogP contribution in [0.4, 0.5) is 0 Å². The number of carbonyl (C=O) groups is 1. The highest BCUT2D eigenvalue weighted by Crippen LogP contribution is 2.29. The summed E-state index contributed by atoms with van der Waals surface area (Å²) >= 11 is 3.15. The highest BCUT2D eigenvalue weighted by molar-refractivity contribution is 9.10. The lowest BCUT2D eigenvalue weighted by Crippen LogP contribution is -2.00. The number of rotatable bonds is 2. The molecule has 0 saturated heterocycles. The highest BCUT2D eigenvalue weighted by atomic mass is 79.9. The van der Waals surface area contributed by atoms with Gasteiger partial charge in [0.2, 0.25) is 0 Å². The first-order valence-corrected chi connectivity index (χ1v) is 4.58. The average Bonchev–Trinajstić information content (AvgIpc) is 2.09. The Labute approximate surface area is 84.7 Å². The monoisotopic (exact) mass is 243 g/mol. The molecule has 0 aliphatic heterocycles. The summed E-state index contributed by atoms with van der Waals surface area (Å²) in [7, 11) is 0. The van der Waals surface area contributed by atoms with Crippen molar-refractivity contribution in [2.24, 2.45) is 5.73 Å². The Bertz CT molecular complexity index is 350. The fourth-order valence-corrected chi connectivity index (χ4v) is 1.52. The second kappa shape index (κ2) is 3.89. The van der Waals surface area contributed by atoms with Gasteiger partial charge in [-0.3, -0.25) is 4.79 Å². The van der Waals surface area contributed by atoms with Crippen LogP contribution < -0.4 is 5.73 Å². The van der Waals surface area contributed by atoms with E-state index < -0.39 is 0 Å². The quantitative estimate of drug-likeness (QED) is 0.780. The molecule has 0 radical (unpaired) electrons. The SMILES string of the molecule is CC(=O)c1cc(Br)c(O)c(CN)c1. The van der Waals surface area contributed by atoms with Crippen molar-refractivity contribution in [3.8, 4) is 5.75 Å². The second-order valence-corrected chi connectivity index (χ2v) is 3.58. The number of phenolic OH excluding ortho intramolecular Hbond substituents is 1. The number of hydrogen-bond acceptors (Lipinski definition) is 3. The van der Waals surface area contributed by atoms with Gasteiger partial charge in [0.15, 0.2) is 5.78 Å². The lowest BCUT2D eigenvalue weighted by molar-refractivity contribution is 0.101. The summed E-state index contributed by atoms with van der Waals surface area (Å²) in [5.41, 5.74) is 6.51. The van der Waals surface area contributed by atoms with E-state index in [0.29, 0.717) is 15.6 Å². The Morgan fingerprint density at radius 2 is 2.23 bits per heavy atom. The molecule has 13 heavy (non-hydrogen) atoms. The van der Waals surface area contributed by atoms with Gasteiger partial charge in [0.05, 0.1) is 4.47 Å². The Hall–Kier alpha value is -0.870. The Morgan fingerprint density at radius 1 is 1.62 bits per heavy atom. The van der Waals surface area contributed by atoms with Crippen LogP contribution in [-0.4, -0.2) is 10.9 Å². The number of nitrogens with two attached hydrogens (primary N) is 1.